The Labute approximate surface area is 160 Å². The number of anilines is 2. The highest BCUT2D eigenvalue weighted by molar-refractivity contribution is 9.10. The summed E-state index contributed by atoms with van der Waals surface area (Å²) in [5, 5.41) is 5.33. The fraction of sp³-hybridized carbons (Fsp3) is 0.158. The molecule has 2 amide bonds. The second-order valence-corrected chi connectivity index (χ2v) is 6.03. The van der Waals surface area contributed by atoms with E-state index < -0.39 is 6.09 Å². The number of nitrogens with one attached hydrogen (secondary N) is 2. The van der Waals surface area contributed by atoms with Crippen LogP contribution >= 0.6 is 15.9 Å². The second kappa shape index (κ2) is 10.4. The van der Waals surface area contributed by atoms with E-state index in [1.54, 1.807) is 30.3 Å². The molecule has 0 spiro atoms. The van der Waals surface area contributed by atoms with Gasteiger partial charge in [0, 0.05) is 29.0 Å². The Bertz CT molecular complexity index is 793. The molecule has 26 heavy (non-hydrogen) atoms. The number of ether oxygens (including phenoxy) is 2. The van der Waals surface area contributed by atoms with Crippen molar-refractivity contribution in [2.75, 3.05) is 31.0 Å². The minimum Gasteiger partial charge on any atom is -0.447 e. The van der Waals surface area contributed by atoms with Crippen LogP contribution in [0, 0.1) is 0 Å². The lowest BCUT2D eigenvalue weighted by Gasteiger charge is -2.08. The van der Waals surface area contributed by atoms with Crippen molar-refractivity contribution >= 4 is 45.4 Å². The van der Waals surface area contributed by atoms with Crippen LogP contribution in [0.1, 0.15) is 5.56 Å². The molecule has 0 aliphatic carbocycles. The van der Waals surface area contributed by atoms with Crippen LogP contribution in [0.15, 0.2) is 59.1 Å². The summed E-state index contributed by atoms with van der Waals surface area (Å²) in [4.78, 5) is 23.7. The zero-order valence-corrected chi connectivity index (χ0v) is 15.8. The average molecular weight is 419 g/mol. The van der Waals surface area contributed by atoms with Crippen molar-refractivity contribution in [3.63, 3.8) is 0 Å². The van der Waals surface area contributed by atoms with E-state index in [4.69, 9.17) is 9.47 Å². The summed E-state index contributed by atoms with van der Waals surface area (Å²) < 4.78 is 10.6. The molecule has 0 atom stereocenters. The average Bonchev–Trinajstić information content (AvgIpc) is 2.61. The van der Waals surface area contributed by atoms with E-state index in [-0.39, 0.29) is 12.5 Å². The first-order valence-electron chi connectivity index (χ1n) is 7.85. The minimum absolute atomic E-state index is 0.165. The van der Waals surface area contributed by atoms with Crippen molar-refractivity contribution in [1.82, 2.24) is 0 Å². The number of hydrogen-bond donors (Lipinski definition) is 2. The van der Waals surface area contributed by atoms with Crippen LogP contribution in [-0.4, -0.2) is 32.3 Å². The third kappa shape index (κ3) is 6.70. The number of halogens is 1. The molecule has 0 heterocycles. The van der Waals surface area contributed by atoms with Gasteiger partial charge in [0.25, 0.3) is 0 Å². The maximum absolute atomic E-state index is 12.1. The third-order valence-corrected chi connectivity index (χ3v) is 3.94. The number of amides is 2. The summed E-state index contributed by atoms with van der Waals surface area (Å²) in [7, 11) is 1.53. The van der Waals surface area contributed by atoms with Gasteiger partial charge in [0.05, 0.1) is 6.61 Å². The smallest absolute Gasteiger partial charge is 0.411 e. The fourth-order valence-electron chi connectivity index (χ4n) is 2.01. The van der Waals surface area contributed by atoms with Gasteiger partial charge in [-0.25, -0.2) is 4.79 Å². The standard InChI is InChI=1S/C19H19BrN2O4/c1-25-11-12-26-19(24)22-16-7-4-6-15(13-16)21-18(23)10-9-14-5-2-3-8-17(14)20/h2-10,13H,11-12H2,1H3,(H,21,23)(H,22,24)/b10-9+. The Morgan fingerprint density at radius 2 is 1.77 bits per heavy atom. The van der Waals surface area contributed by atoms with Gasteiger partial charge in [-0.3, -0.25) is 10.1 Å². The molecule has 0 aliphatic rings. The van der Waals surface area contributed by atoms with Crippen molar-refractivity contribution in [1.29, 1.82) is 0 Å². The van der Waals surface area contributed by atoms with Gasteiger partial charge >= 0.3 is 6.09 Å². The van der Waals surface area contributed by atoms with Crippen LogP contribution < -0.4 is 10.6 Å². The molecule has 0 saturated carbocycles. The summed E-state index contributed by atoms with van der Waals surface area (Å²) >= 11 is 3.43. The summed E-state index contributed by atoms with van der Waals surface area (Å²) in [5.74, 6) is -0.277. The molecule has 0 radical (unpaired) electrons. The number of rotatable bonds is 7. The molecule has 0 aliphatic heterocycles. The van der Waals surface area contributed by atoms with Crippen LogP contribution in [-0.2, 0) is 14.3 Å². The van der Waals surface area contributed by atoms with Gasteiger partial charge in [-0.1, -0.05) is 40.2 Å². The highest BCUT2D eigenvalue weighted by Gasteiger charge is 2.05. The van der Waals surface area contributed by atoms with Crippen LogP contribution in [0.5, 0.6) is 0 Å². The topological polar surface area (TPSA) is 76.7 Å². The zero-order chi connectivity index (χ0) is 18.8. The van der Waals surface area contributed by atoms with Crippen LogP contribution in [0.2, 0.25) is 0 Å². The highest BCUT2D eigenvalue weighted by Crippen LogP contribution is 2.18. The molecule has 2 aromatic rings. The summed E-state index contributed by atoms with van der Waals surface area (Å²) in [6.45, 7) is 0.492. The Kier molecular flexibility index (Phi) is 7.85. The first-order valence-corrected chi connectivity index (χ1v) is 8.64. The van der Waals surface area contributed by atoms with Crippen LogP contribution in [0.25, 0.3) is 6.08 Å². The summed E-state index contributed by atoms with van der Waals surface area (Å²) in [6, 6.07) is 14.4. The van der Waals surface area contributed by atoms with E-state index >= 15 is 0 Å². The predicted octanol–water partition coefficient (Wildman–Crippen LogP) is 4.30. The maximum Gasteiger partial charge on any atom is 0.411 e. The molecule has 0 saturated heterocycles. The minimum atomic E-state index is -0.584. The Hall–Kier alpha value is -2.64. The van der Waals surface area contributed by atoms with E-state index in [2.05, 4.69) is 26.6 Å². The number of carbonyl (C=O) groups is 2. The number of hydrogen-bond acceptors (Lipinski definition) is 4. The Morgan fingerprint density at radius 1 is 1.04 bits per heavy atom. The van der Waals surface area contributed by atoms with E-state index in [1.165, 1.54) is 13.2 Å². The van der Waals surface area contributed by atoms with Crippen LogP contribution in [0.4, 0.5) is 16.2 Å². The van der Waals surface area contributed by atoms with Crippen molar-refractivity contribution in [2.45, 2.75) is 0 Å². The molecule has 0 unspecified atom stereocenters. The molecule has 136 valence electrons. The molecular formula is C19H19BrN2O4. The normalized spacial score (nSPS) is 10.5. The van der Waals surface area contributed by atoms with Crippen molar-refractivity contribution in [2.24, 2.45) is 0 Å². The van der Waals surface area contributed by atoms with E-state index in [9.17, 15) is 9.59 Å². The first-order chi connectivity index (χ1) is 12.6. The molecule has 0 fully saturated rings. The Balaban J connectivity index is 1.92. The van der Waals surface area contributed by atoms with Gasteiger partial charge in [-0.05, 0) is 35.9 Å². The predicted molar refractivity (Wildman–Crippen MR) is 105 cm³/mol. The van der Waals surface area contributed by atoms with Gasteiger partial charge in [-0.2, -0.15) is 0 Å². The van der Waals surface area contributed by atoms with Crippen molar-refractivity contribution in [3.05, 3.63) is 64.6 Å². The lowest BCUT2D eigenvalue weighted by molar-refractivity contribution is -0.111. The molecule has 2 rings (SSSR count). The van der Waals surface area contributed by atoms with Gasteiger partial charge in [0.15, 0.2) is 0 Å². The summed E-state index contributed by atoms with van der Waals surface area (Å²) in [5.41, 5.74) is 1.97. The van der Waals surface area contributed by atoms with Gasteiger partial charge in [0.2, 0.25) is 5.91 Å². The van der Waals surface area contributed by atoms with Gasteiger partial charge in [-0.15, -0.1) is 0 Å². The molecule has 0 aromatic heterocycles. The number of methoxy groups -OCH3 is 1. The van der Waals surface area contributed by atoms with E-state index in [0.29, 0.717) is 18.0 Å². The Morgan fingerprint density at radius 3 is 2.50 bits per heavy atom. The van der Waals surface area contributed by atoms with E-state index in [0.717, 1.165) is 10.0 Å². The second-order valence-electron chi connectivity index (χ2n) is 5.18. The molecule has 2 aromatic carbocycles. The lowest BCUT2D eigenvalue weighted by atomic mass is 10.2. The van der Waals surface area contributed by atoms with Crippen molar-refractivity contribution in [3.8, 4) is 0 Å². The molecule has 0 bridgehead atoms. The fourth-order valence-corrected chi connectivity index (χ4v) is 2.42. The van der Waals surface area contributed by atoms with Gasteiger partial charge in [0.1, 0.15) is 6.61 Å². The highest BCUT2D eigenvalue weighted by atomic mass is 79.9. The molecule has 6 nitrogen and oxygen atoms in total. The number of benzene rings is 2. The van der Waals surface area contributed by atoms with Gasteiger partial charge < -0.3 is 14.8 Å². The molecular weight excluding hydrogens is 400 g/mol. The third-order valence-electron chi connectivity index (χ3n) is 3.22. The monoisotopic (exact) mass is 418 g/mol. The first kappa shape index (κ1) is 19.7. The molecule has 2 N–H and O–H groups in total. The summed E-state index contributed by atoms with van der Waals surface area (Å²) in [6.07, 6.45) is 2.58. The quantitative estimate of drug-likeness (QED) is 0.519. The van der Waals surface area contributed by atoms with Crippen molar-refractivity contribution < 1.29 is 19.1 Å². The lowest BCUT2D eigenvalue weighted by Crippen LogP contribution is -2.16. The van der Waals surface area contributed by atoms with E-state index in [1.807, 2.05) is 24.3 Å². The maximum atomic E-state index is 12.1. The molecule has 7 heteroatoms. The van der Waals surface area contributed by atoms with Crippen LogP contribution in [0.3, 0.4) is 0 Å². The zero-order valence-electron chi connectivity index (χ0n) is 14.2. The largest absolute Gasteiger partial charge is 0.447 e. The SMILES string of the molecule is COCCOC(=O)Nc1cccc(NC(=O)/C=C/c2ccccc2Br)c1. The number of carbonyl (C=O) groups excluding carboxylic acids is 2.